The van der Waals surface area contributed by atoms with Crippen LogP contribution in [0.15, 0.2) is 0 Å². The molecule has 13 heavy (non-hydrogen) atoms. The van der Waals surface area contributed by atoms with Gasteiger partial charge in [-0.1, -0.05) is 13.8 Å². The van der Waals surface area contributed by atoms with Crippen molar-refractivity contribution in [2.24, 2.45) is 0 Å². The Kier molecular flexibility index (Phi) is 3.89. The molecule has 4 heteroatoms. The van der Waals surface area contributed by atoms with Crippen LogP contribution >= 0.6 is 0 Å². The first-order chi connectivity index (χ1) is 6.31. The monoisotopic (exact) mass is 182 g/mol. The molecule has 1 rings (SSSR count). The molecular formula is C9H18N4. The number of hydrogen-bond donors (Lipinski definition) is 1. The van der Waals surface area contributed by atoms with E-state index in [1.54, 1.807) is 0 Å². The fourth-order valence-corrected chi connectivity index (χ4v) is 1.23. The molecule has 1 N–H and O–H groups in total. The van der Waals surface area contributed by atoms with Gasteiger partial charge in [-0.2, -0.15) is 5.10 Å². The quantitative estimate of drug-likeness (QED) is 0.726. The number of nitrogens with one attached hydrogen (secondary N) is 1. The van der Waals surface area contributed by atoms with E-state index in [1.165, 1.54) is 0 Å². The fourth-order valence-electron chi connectivity index (χ4n) is 1.23. The Morgan fingerprint density at radius 2 is 2.08 bits per heavy atom. The highest BCUT2D eigenvalue weighted by Crippen LogP contribution is 1.99. The summed E-state index contributed by atoms with van der Waals surface area (Å²) in [5.74, 6) is 2.04. The molecule has 1 heterocycles. The number of nitrogens with zero attached hydrogens (tertiary/aromatic N) is 3. The summed E-state index contributed by atoms with van der Waals surface area (Å²) in [7, 11) is 1.95. The number of aromatic nitrogens is 3. The van der Waals surface area contributed by atoms with E-state index in [-0.39, 0.29) is 0 Å². The Balaban J connectivity index is 2.71. The lowest BCUT2D eigenvalue weighted by atomic mass is 10.4. The molecule has 1 aromatic rings. The smallest absolute Gasteiger partial charge is 0.150 e. The van der Waals surface area contributed by atoms with Gasteiger partial charge in [0.05, 0.1) is 6.54 Å². The molecule has 74 valence electrons. The van der Waals surface area contributed by atoms with Crippen molar-refractivity contribution in [1.29, 1.82) is 0 Å². The summed E-state index contributed by atoms with van der Waals surface area (Å²) < 4.78 is 2.00. The topological polar surface area (TPSA) is 42.7 Å². The number of likely N-dealkylation sites (N-methyl/N-ethyl adjacent to an activating group) is 1. The normalized spacial score (nSPS) is 10.7. The summed E-state index contributed by atoms with van der Waals surface area (Å²) in [6, 6.07) is 0. The molecule has 0 aliphatic carbocycles. The van der Waals surface area contributed by atoms with Crippen LogP contribution in [0.25, 0.3) is 0 Å². The predicted molar refractivity (Wildman–Crippen MR) is 52.7 cm³/mol. The van der Waals surface area contributed by atoms with E-state index >= 15 is 0 Å². The minimum atomic E-state index is 0.909. The second-order valence-corrected chi connectivity index (χ2v) is 2.98. The van der Waals surface area contributed by atoms with Crippen LogP contribution in [0.2, 0.25) is 0 Å². The average molecular weight is 182 g/mol. The van der Waals surface area contributed by atoms with Crippen LogP contribution < -0.4 is 5.32 Å². The lowest BCUT2D eigenvalue weighted by Gasteiger charge is -2.02. The molecular weight excluding hydrogens is 164 g/mol. The second kappa shape index (κ2) is 4.97. The Bertz CT molecular complexity index is 254. The van der Waals surface area contributed by atoms with Crippen molar-refractivity contribution < 1.29 is 0 Å². The minimum absolute atomic E-state index is 0.909. The van der Waals surface area contributed by atoms with Crippen molar-refractivity contribution in [2.75, 3.05) is 13.6 Å². The number of rotatable bonds is 5. The molecule has 0 spiro atoms. The number of hydrogen-bond acceptors (Lipinski definition) is 3. The van der Waals surface area contributed by atoms with Crippen LogP contribution in [0, 0.1) is 0 Å². The van der Waals surface area contributed by atoms with Crippen LogP contribution in [0.4, 0.5) is 0 Å². The molecule has 0 bridgehead atoms. The predicted octanol–water partition coefficient (Wildman–Crippen LogP) is 0.622. The molecule has 0 saturated heterocycles. The van der Waals surface area contributed by atoms with E-state index in [0.29, 0.717) is 0 Å². The molecule has 0 saturated carbocycles. The molecule has 0 aromatic carbocycles. The van der Waals surface area contributed by atoms with E-state index in [0.717, 1.165) is 37.6 Å². The molecule has 0 aliphatic rings. The van der Waals surface area contributed by atoms with Crippen molar-refractivity contribution in [3.8, 4) is 0 Å². The standard InChI is InChI=1S/C9H18N4/c1-4-8-11-9(5-2)13(12-8)7-6-10-3/h10H,4-7H2,1-3H3. The molecule has 4 nitrogen and oxygen atoms in total. The summed E-state index contributed by atoms with van der Waals surface area (Å²) in [4.78, 5) is 4.42. The van der Waals surface area contributed by atoms with E-state index in [4.69, 9.17) is 0 Å². The van der Waals surface area contributed by atoms with Gasteiger partial charge < -0.3 is 5.32 Å². The molecule has 0 amide bonds. The van der Waals surface area contributed by atoms with Crippen LogP contribution in [0.5, 0.6) is 0 Å². The summed E-state index contributed by atoms with van der Waals surface area (Å²) in [5.41, 5.74) is 0. The van der Waals surface area contributed by atoms with Gasteiger partial charge in [-0.3, -0.25) is 0 Å². The summed E-state index contributed by atoms with van der Waals surface area (Å²) in [6.07, 6.45) is 1.87. The maximum Gasteiger partial charge on any atom is 0.150 e. The van der Waals surface area contributed by atoms with Crippen molar-refractivity contribution >= 4 is 0 Å². The van der Waals surface area contributed by atoms with Crippen molar-refractivity contribution in [1.82, 2.24) is 20.1 Å². The zero-order valence-corrected chi connectivity index (χ0v) is 8.67. The Morgan fingerprint density at radius 3 is 2.62 bits per heavy atom. The average Bonchev–Trinajstić information content (AvgIpc) is 2.57. The van der Waals surface area contributed by atoms with Gasteiger partial charge in [-0.05, 0) is 7.05 Å². The maximum atomic E-state index is 4.42. The van der Waals surface area contributed by atoms with Gasteiger partial charge in [0.2, 0.25) is 0 Å². The third-order valence-corrected chi connectivity index (χ3v) is 2.00. The van der Waals surface area contributed by atoms with E-state index < -0.39 is 0 Å². The van der Waals surface area contributed by atoms with Gasteiger partial charge in [0.25, 0.3) is 0 Å². The van der Waals surface area contributed by atoms with Gasteiger partial charge in [0.1, 0.15) is 5.82 Å². The highest BCUT2D eigenvalue weighted by Gasteiger charge is 2.05. The Labute approximate surface area is 79.4 Å². The molecule has 0 radical (unpaired) electrons. The van der Waals surface area contributed by atoms with E-state index in [2.05, 4.69) is 29.2 Å². The largest absolute Gasteiger partial charge is 0.318 e. The minimum Gasteiger partial charge on any atom is -0.318 e. The lowest BCUT2D eigenvalue weighted by Crippen LogP contribution is -2.17. The first kappa shape index (κ1) is 10.2. The van der Waals surface area contributed by atoms with Crippen LogP contribution in [-0.2, 0) is 19.4 Å². The van der Waals surface area contributed by atoms with Gasteiger partial charge in [-0.25, -0.2) is 9.67 Å². The Hall–Kier alpha value is -0.900. The second-order valence-electron chi connectivity index (χ2n) is 2.98. The highest BCUT2D eigenvalue weighted by atomic mass is 15.3. The molecule has 1 aromatic heterocycles. The first-order valence-corrected chi connectivity index (χ1v) is 4.89. The zero-order valence-electron chi connectivity index (χ0n) is 8.67. The van der Waals surface area contributed by atoms with Gasteiger partial charge >= 0.3 is 0 Å². The van der Waals surface area contributed by atoms with Crippen LogP contribution in [0.1, 0.15) is 25.5 Å². The van der Waals surface area contributed by atoms with E-state index in [9.17, 15) is 0 Å². The fraction of sp³-hybridized carbons (Fsp3) is 0.778. The summed E-state index contributed by atoms with van der Waals surface area (Å²) >= 11 is 0. The molecule has 0 aliphatic heterocycles. The van der Waals surface area contributed by atoms with Crippen LogP contribution in [-0.4, -0.2) is 28.4 Å². The molecule has 0 unspecified atom stereocenters. The van der Waals surface area contributed by atoms with Gasteiger partial charge in [0, 0.05) is 19.4 Å². The van der Waals surface area contributed by atoms with Gasteiger partial charge in [0.15, 0.2) is 5.82 Å². The van der Waals surface area contributed by atoms with Crippen molar-refractivity contribution in [2.45, 2.75) is 33.2 Å². The third kappa shape index (κ3) is 2.52. The SMILES string of the molecule is CCc1nc(CC)n(CCNC)n1. The first-order valence-electron chi connectivity index (χ1n) is 4.89. The lowest BCUT2D eigenvalue weighted by molar-refractivity contribution is 0.556. The zero-order chi connectivity index (χ0) is 9.68. The summed E-state index contributed by atoms with van der Waals surface area (Å²) in [5, 5.41) is 7.51. The molecule has 0 fully saturated rings. The molecule has 0 atom stereocenters. The van der Waals surface area contributed by atoms with Gasteiger partial charge in [-0.15, -0.1) is 0 Å². The third-order valence-electron chi connectivity index (χ3n) is 2.00. The number of aryl methyl sites for hydroxylation is 2. The highest BCUT2D eigenvalue weighted by molar-refractivity contribution is 4.92. The summed E-state index contributed by atoms with van der Waals surface area (Å²) in [6.45, 7) is 6.04. The van der Waals surface area contributed by atoms with Crippen molar-refractivity contribution in [3.05, 3.63) is 11.6 Å². The maximum absolute atomic E-state index is 4.42. The Morgan fingerprint density at radius 1 is 1.31 bits per heavy atom. The van der Waals surface area contributed by atoms with E-state index in [1.807, 2.05) is 11.7 Å². The van der Waals surface area contributed by atoms with Crippen molar-refractivity contribution in [3.63, 3.8) is 0 Å². The van der Waals surface area contributed by atoms with Crippen LogP contribution in [0.3, 0.4) is 0 Å².